The highest BCUT2D eigenvalue weighted by atomic mass is 127. The van der Waals surface area contributed by atoms with Gasteiger partial charge in [0.2, 0.25) is 0 Å². The van der Waals surface area contributed by atoms with E-state index in [9.17, 15) is 9.90 Å². The molecule has 2 rings (SSSR count). The van der Waals surface area contributed by atoms with E-state index in [4.69, 9.17) is 4.74 Å². The predicted octanol–water partition coefficient (Wildman–Crippen LogP) is 1.80. The summed E-state index contributed by atoms with van der Waals surface area (Å²) in [4.78, 5) is 11.9. The van der Waals surface area contributed by atoms with Gasteiger partial charge in [0.05, 0.1) is 6.61 Å². The molecular weight excluding hydrogens is 333 g/mol. The summed E-state index contributed by atoms with van der Waals surface area (Å²) < 4.78 is 7.44. The first-order valence-electron chi connectivity index (χ1n) is 5.09. The number of ether oxygens (including phenoxy) is 1. The SMILES string of the molecule is Cn1ccc2cc(OCI)c(CO)cc2c1=O. The van der Waals surface area contributed by atoms with E-state index in [0.717, 1.165) is 5.39 Å². The largest absolute Gasteiger partial charge is 0.483 e. The van der Waals surface area contributed by atoms with Crippen LogP contribution in [0.2, 0.25) is 0 Å². The van der Waals surface area contributed by atoms with Crippen LogP contribution in [0.25, 0.3) is 10.8 Å². The van der Waals surface area contributed by atoms with Crippen molar-refractivity contribution in [2.24, 2.45) is 7.05 Å². The molecule has 0 bridgehead atoms. The fourth-order valence-corrected chi connectivity index (χ4v) is 2.07. The number of rotatable bonds is 3. The topological polar surface area (TPSA) is 51.5 Å². The third-order valence-corrected chi connectivity index (χ3v) is 2.95. The smallest absolute Gasteiger partial charge is 0.258 e. The van der Waals surface area contributed by atoms with Crippen molar-refractivity contribution >= 4 is 33.4 Å². The average Bonchev–Trinajstić information content (AvgIpc) is 2.34. The minimum Gasteiger partial charge on any atom is -0.483 e. The van der Waals surface area contributed by atoms with Gasteiger partial charge in [0, 0.05) is 24.2 Å². The molecular formula is C12H12INO3. The van der Waals surface area contributed by atoms with Crippen LogP contribution < -0.4 is 10.3 Å². The van der Waals surface area contributed by atoms with Gasteiger partial charge in [-0.05, 0) is 46.2 Å². The summed E-state index contributed by atoms with van der Waals surface area (Å²) in [5.41, 5.74) is 0.565. The van der Waals surface area contributed by atoms with Gasteiger partial charge in [0.1, 0.15) is 10.4 Å². The number of aliphatic hydroxyl groups is 1. The van der Waals surface area contributed by atoms with Gasteiger partial charge in [-0.25, -0.2) is 0 Å². The zero-order chi connectivity index (χ0) is 12.4. The van der Waals surface area contributed by atoms with Crippen LogP contribution in [-0.4, -0.2) is 14.3 Å². The number of nitrogens with zero attached hydrogens (tertiary/aromatic N) is 1. The molecule has 0 aliphatic heterocycles. The van der Waals surface area contributed by atoms with Gasteiger partial charge in [-0.2, -0.15) is 0 Å². The van der Waals surface area contributed by atoms with Crippen molar-refractivity contribution in [2.75, 3.05) is 4.61 Å². The molecule has 0 aliphatic rings. The number of benzene rings is 1. The van der Waals surface area contributed by atoms with Gasteiger partial charge >= 0.3 is 0 Å². The summed E-state index contributed by atoms with van der Waals surface area (Å²) in [5, 5.41) is 10.7. The van der Waals surface area contributed by atoms with Crippen LogP contribution in [0.1, 0.15) is 5.56 Å². The molecule has 0 atom stereocenters. The molecule has 0 aliphatic carbocycles. The van der Waals surface area contributed by atoms with Crippen molar-refractivity contribution in [1.82, 2.24) is 4.57 Å². The Bertz CT molecular complexity index is 606. The quantitative estimate of drug-likeness (QED) is 0.682. The number of pyridine rings is 1. The lowest BCUT2D eigenvalue weighted by Gasteiger charge is -2.10. The Morgan fingerprint density at radius 3 is 2.88 bits per heavy atom. The second kappa shape index (κ2) is 5.05. The van der Waals surface area contributed by atoms with Crippen LogP contribution in [-0.2, 0) is 13.7 Å². The van der Waals surface area contributed by atoms with Crippen molar-refractivity contribution in [3.63, 3.8) is 0 Å². The maximum Gasteiger partial charge on any atom is 0.258 e. The number of hydrogen-bond acceptors (Lipinski definition) is 3. The summed E-state index contributed by atoms with van der Waals surface area (Å²) in [6.45, 7) is -0.139. The van der Waals surface area contributed by atoms with E-state index in [1.165, 1.54) is 4.57 Å². The molecule has 4 nitrogen and oxygen atoms in total. The second-order valence-electron chi connectivity index (χ2n) is 3.69. The fraction of sp³-hybridized carbons (Fsp3) is 0.250. The van der Waals surface area contributed by atoms with E-state index in [1.54, 1.807) is 25.4 Å². The minimum atomic E-state index is -0.139. The van der Waals surface area contributed by atoms with Crippen LogP contribution in [0.5, 0.6) is 5.75 Å². The van der Waals surface area contributed by atoms with Crippen molar-refractivity contribution in [2.45, 2.75) is 6.61 Å². The third kappa shape index (κ3) is 2.30. The number of aryl methyl sites for hydroxylation is 1. The highest BCUT2D eigenvalue weighted by Gasteiger charge is 2.08. The summed E-state index contributed by atoms with van der Waals surface area (Å²) in [6.07, 6.45) is 1.72. The zero-order valence-electron chi connectivity index (χ0n) is 9.31. The van der Waals surface area contributed by atoms with Crippen LogP contribution in [0.3, 0.4) is 0 Å². The van der Waals surface area contributed by atoms with E-state index in [0.29, 0.717) is 21.3 Å². The highest BCUT2D eigenvalue weighted by molar-refractivity contribution is 14.1. The maximum absolute atomic E-state index is 11.9. The molecule has 0 spiro atoms. The monoisotopic (exact) mass is 345 g/mol. The van der Waals surface area contributed by atoms with Crippen LogP contribution in [0.15, 0.2) is 29.2 Å². The Hall–Kier alpha value is -1.08. The van der Waals surface area contributed by atoms with Crippen molar-refractivity contribution < 1.29 is 9.84 Å². The van der Waals surface area contributed by atoms with Gasteiger partial charge in [-0.3, -0.25) is 4.79 Å². The van der Waals surface area contributed by atoms with E-state index in [2.05, 4.69) is 22.6 Å². The first-order chi connectivity index (χ1) is 8.17. The van der Waals surface area contributed by atoms with Gasteiger partial charge < -0.3 is 14.4 Å². The first kappa shape index (κ1) is 12.4. The van der Waals surface area contributed by atoms with Gasteiger partial charge in [-0.1, -0.05) is 0 Å². The molecule has 0 radical (unpaired) electrons. The maximum atomic E-state index is 11.9. The van der Waals surface area contributed by atoms with Gasteiger partial charge in [0.15, 0.2) is 0 Å². The predicted molar refractivity (Wildman–Crippen MR) is 74.6 cm³/mol. The van der Waals surface area contributed by atoms with E-state index in [1.807, 2.05) is 6.07 Å². The van der Waals surface area contributed by atoms with Crippen molar-refractivity contribution in [1.29, 1.82) is 0 Å². The van der Waals surface area contributed by atoms with E-state index in [-0.39, 0.29) is 12.2 Å². The molecule has 1 heterocycles. The first-order valence-corrected chi connectivity index (χ1v) is 6.62. The molecule has 90 valence electrons. The zero-order valence-corrected chi connectivity index (χ0v) is 11.5. The number of halogens is 1. The molecule has 0 fully saturated rings. The summed E-state index contributed by atoms with van der Waals surface area (Å²) in [7, 11) is 1.70. The molecule has 0 unspecified atom stereocenters. The lowest BCUT2D eigenvalue weighted by molar-refractivity contribution is 0.273. The average molecular weight is 345 g/mol. The Kier molecular flexibility index (Phi) is 3.68. The molecule has 1 N–H and O–H groups in total. The summed E-state index contributed by atoms with van der Waals surface area (Å²) >= 11 is 2.09. The normalized spacial score (nSPS) is 10.8. The molecule has 17 heavy (non-hydrogen) atoms. The van der Waals surface area contributed by atoms with Crippen molar-refractivity contribution in [3.8, 4) is 5.75 Å². The summed E-state index contributed by atoms with van der Waals surface area (Å²) in [5.74, 6) is 0.627. The molecule has 0 saturated carbocycles. The van der Waals surface area contributed by atoms with E-state index < -0.39 is 0 Å². The minimum absolute atomic E-state index is 0.0711. The molecule has 5 heteroatoms. The second-order valence-corrected chi connectivity index (χ2v) is 4.31. The lowest BCUT2D eigenvalue weighted by Crippen LogP contribution is -2.15. The lowest BCUT2D eigenvalue weighted by atomic mass is 10.1. The molecule has 1 aromatic heterocycles. The van der Waals surface area contributed by atoms with Crippen LogP contribution in [0, 0.1) is 0 Å². The van der Waals surface area contributed by atoms with Crippen LogP contribution in [0.4, 0.5) is 0 Å². The Balaban J connectivity index is 2.74. The standard InChI is InChI=1S/C12H12INO3/c1-14-3-2-8-5-11(17-7-13)9(6-15)4-10(8)12(14)16/h2-5,15H,6-7H2,1H3. The van der Waals surface area contributed by atoms with Crippen molar-refractivity contribution in [3.05, 3.63) is 40.3 Å². The number of aromatic nitrogens is 1. The molecule has 0 saturated heterocycles. The molecule has 1 aromatic carbocycles. The molecule has 2 aromatic rings. The highest BCUT2D eigenvalue weighted by Crippen LogP contribution is 2.24. The number of fused-ring (bicyclic) bond motifs is 1. The van der Waals surface area contributed by atoms with Crippen LogP contribution >= 0.6 is 22.6 Å². The molecule has 0 amide bonds. The summed E-state index contributed by atoms with van der Waals surface area (Å²) in [6, 6.07) is 5.35. The van der Waals surface area contributed by atoms with Gasteiger partial charge in [-0.15, -0.1) is 0 Å². The Labute approximate surface area is 112 Å². The number of alkyl halides is 1. The number of aliphatic hydroxyl groups excluding tert-OH is 1. The Morgan fingerprint density at radius 1 is 1.47 bits per heavy atom. The Morgan fingerprint density at radius 2 is 2.24 bits per heavy atom. The van der Waals surface area contributed by atoms with Gasteiger partial charge in [0.25, 0.3) is 5.56 Å². The number of hydrogen-bond donors (Lipinski definition) is 1. The third-order valence-electron chi connectivity index (χ3n) is 2.64. The van der Waals surface area contributed by atoms with E-state index >= 15 is 0 Å². The fourth-order valence-electron chi connectivity index (χ4n) is 1.73.